The summed E-state index contributed by atoms with van der Waals surface area (Å²) in [6.07, 6.45) is 5.47. The van der Waals surface area contributed by atoms with E-state index in [1.165, 1.54) is 12.8 Å². The minimum Gasteiger partial charge on any atom is -0.316 e. The first-order valence-electron chi connectivity index (χ1n) is 6.03. The first-order valence-corrected chi connectivity index (χ1v) is 6.82. The van der Waals surface area contributed by atoms with E-state index >= 15 is 0 Å². The summed E-state index contributed by atoms with van der Waals surface area (Å²) in [6, 6.07) is 3.98. The van der Waals surface area contributed by atoms with Crippen molar-refractivity contribution < 1.29 is 0 Å². The maximum atomic E-state index is 4.56. The van der Waals surface area contributed by atoms with Crippen molar-refractivity contribution in [3.05, 3.63) is 28.6 Å². The van der Waals surface area contributed by atoms with Crippen LogP contribution >= 0.6 is 15.9 Å². The highest BCUT2D eigenvalue weighted by Gasteiger charge is 2.16. The largest absolute Gasteiger partial charge is 0.316 e. The number of nitrogens with one attached hydrogen (secondary N) is 1. The number of hydrogen-bond donors (Lipinski definition) is 1. The predicted octanol–water partition coefficient (Wildman–Crippen LogP) is 2.03. The summed E-state index contributed by atoms with van der Waals surface area (Å²) in [4.78, 5) is 4.56. The zero-order valence-corrected chi connectivity index (χ0v) is 11.2. The number of halogens is 1. The van der Waals surface area contributed by atoms with Crippen LogP contribution in [0.25, 0.3) is 5.65 Å². The van der Waals surface area contributed by atoms with E-state index in [0.717, 1.165) is 35.5 Å². The third-order valence-electron chi connectivity index (χ3n) is 3.21. The molecule has 1 aliphatic heterocycles. The average molecular weight is 295 g/mol. The average Bonchev–Trinajstić information content (AvgIpc) is 2.71. The fraction of sp³-hybridized carbons (Fsp3) is 0.500. The monoisotopic (exact) mass is 294 g/mol. The lowest BCUT2D eigenvalue weighted by Gasteiger charge is -2.21. The van der Waals surface area contributed by atoms with E-state index in [2.05, 4.69) is 31.3 Å². The van der Waals surface area contributed by atoms with Gasteiger partial charge in [0.05, 0.1) is 0 Å². The standard InChI is InChI=1S/C12H15BrN4/c13-10-3-5-17-12(7-10)15-11(16-17)6-9-2-1-4-14-8-9/h3,5,7,9,14H,1-2,4,6,8H2. The molecule has 1 atom stereocenters. The molecule has 5 heteroatoms. The van der Waals surface area contributed by atoms with E-state index < -0.39 is 0 Å². The molecule has 1 aliphatic rings. The van der Waals surface area contributed by atoms with Crippen LogP contribution in [0.4, 0.5) is 0 Å². The van der Waals surface area contributed by atoms with Gasteiger partial charge < -0.3 is 5.32 Å². The highest BCUT2D eigenvalue weighted by Crippen LogP contribution is 2.16. The molecule has 1 fully saturated rings. The highest BCUT2D eigenvalue weighted by molar-refractivity contribution is 9.10. The molecule has 3 heterocycles. The van der Waals surface area contributed by atoms with Crippen molar-refractivity contribution in [1.29, 1.82) is 0 Å². The van der Waals surface area contributed by atoms with Gasteiger partial charge in [0.15, 0.2) is 11.5 Å². The first kappa shape index (κ1) is 11.2. The van der Waals surface area contributed by atoms with E-state index in [1.807, 2.05) is 22.8 Å². The lowest BCUT2D eigenvalue weighted by Crippen LogP contribution is -2.31. The van der Waals surface area contributed by atoms with Crippen LogP contribution in [0.15, 0.2) is 22.8 Å². The van der Waals surface area contributed by atoms with Crippen molar-refractivity contribution in [3.63, 3.8) is 0 Å². The maximum Gasteiger partial charge on any atom is 0.156 e. The Hall–Kier alpha value is -0.940. The molecule has 2 aromatic heterocycles. The smallest absolute Gasteiger partial charge is 0.156 e. The van der Waals surface area contributed by atoms with Crippen molar-refractivity contribution >= 4 is 21.6 Å². The molecule has 90 valence electrons. The van der Waals surface area contributed by atoms with Gasteiger partial charge in [0, 0.05) is 17.1 Å². The van der Waals surface area contributed by atoms with Gasteiger partial charge in [-0.25, -0.2) is 9.50 Å². The van der Waals surface area contributed by atoms with Crippen LogP contribution in [0.2, 0.25) is 0 Å². The number of fused-ring (bicyclic) bond motifs is 1. The van der Waals surface area contributed by atoms with Crippen LogP contribution in [-0.2, 0) is 6.42 Å². The van der Waals surface area contributed by atoms with Gasteiger partial charge in [-0.05, 0) is 44.0 Å². The Morgan fingerprint density at radius 3 is 3.29 bits per heavy atom. The van der Waals surface area contributed by atoms with Gasteiger partial charge in [-0.1, -0.05) is 15.9 Å². The molecule has 1 saturated heterocycles. The van der Waals surface area contributed by atoms with Crippen molar-refractivity contribution in [2.75, 3.05) is 13.1 Å². The van der Waals surface area contributed by atoms with Gasteiger partial charge in [-0.3, -0.25) is 0 Å². The van der Waals surface area contributed by atoms with Crippen molar-refractivity contribution in [2.24, 2.45) is 5.92 Å². The molecule has 0 spiro atoms. The summed E-state index contributed by atoms with van der Waals surface area (Å²) >= 11 is 3.45. The van der Waals surface area contributed by atoms with Crippen LogP contribution in [0, 0.1) is 5.92 Å². The number of rotatable bonds is 2. The first-order chi connectivity index (χ1) is 8.31. The molecule has 1 unspecified atom stereocenters. The SMILES string of the molecule is Brc1ccn2nc(CC3CCCNC3)nc2c1. The molecular weight excluding hydrogens is 280 g/mol. The minimum atomic E-state index is 0.685. The Morgan fingerprint density at radius 1 is 1.53 bits per heavy atom. The quantitative estimate of drug-likeness (QED) is 0.922. The molecule has 0 aliphatic carbocycles. The second-order valence-electron chi connectivity index (χ2n) is 4.59. The second kappa shape index (κ2) is 4.74. The van der Waals surface area contributed by atoms with Crippen LogP contribution in [0.5, 0.6) is 0 Å². The number of aromatic nitrogens is 3. The van der Waals surface area contributed by atoms with Crippen molar-refractivity contribution in [3.8, 4) is 0 Å². The Kier molecular flexibility index (Phi) is 3.11. The summed E-state index contributed by atoms with van der Waals surface area (Å²) in [5, 5.41) is 7.93. The summed E-state index contributed by atoms with van der Waals surface area (Å²) in [7, 11) is 0. The third-order valence-corrected chi connectivity index (χ3v) is 3.71. The zero-order chi connectivity index (χ0) is 11.7. The van der Waals surface area contributed by atoms with Crippen LogP contribution < -0.4 is 5.32 Å². The summed E-state index contributed by atoms with van der Waals surface area (Å²) in [5.74, 6) is 1.64. The summed E-state index contributed by atoms with van der Waals surface area (Å²) in [6.45, 7) is 2.25. The zero-order valence-electron chi connectivity index (χ0n) is 9.56. The molecule has 1 N–H and O–H groups in total. The predicted molar refractivity (Wildman–Crippen MR) is 70.0 cm³/mol. The van der Waals surface area contributed by atoms with Crippen molar-refractivity contribution in [2.45, 2.75) is 19.3 Å². The van der Waals surface area contributed by atoms with Gasteiger partial charge in [-0.2, -0.15) is 5.10 Å². The number of piperidine rings is 1. The van der Waals surface area contributed by atoms with E-state index in [0.29, 0.717) is 5.92 Å². The minimum absolute atomic E-state index is 0.685. The Morgan fingerprint density at radius 2 is 2.47 bits per heavy atom. The summed E-state index contributed by atoms with van der Waals surface area (Å²) in [5.41, 5.74) is 0.915. The van der Waals surface area contributed by atoms with Crippen LogP contribution in [0.3, 0.4) is 0 Å². The number of pyridine rings is 1. The Labute approximate surface area is 109 Å². The third kappa shape index (κ3) is 2.50. The van der Waals surface area contributed by atoms with Crippen LogP contribution in [0.1, 0.15) is 18.7 Å². The van der Waals surface area contributed by atoms with Crippen molar-refractivity contribution in [1.82, 2.24) is 19.9 Å². The molecular formula is C12H15BrN4. The molecule has 0 aromatic carbocycles. The molecule has 17 heavy (non-hydrogen) atoms. The lowest BCUT2D eigenvalue weighted by molar-refractivity contribution is 0.371. The van der Waals surface area contributed by atoms with E-state index in [9.17, 15) is 0 Å². The van der Waals surface area contributed by atoms with Gasteiger partial charge in [0.25, 0.3) is 0 Å². The normalized spacial score (nSPS) is 20.9. The Balaban J connectivity index is 1.80. The number of nitrogens with zero attached hydrogens (tertiary/aromatic N) is 3. The van der Waals surface area contributed by atoms with E-state index in [1.54, 1.807) is 0 Å². The second-order valence-corrected chi connectivity index (χ2v) is 5.51. The highest BCUT2D eigenvalue weighted by atomic mass is 79.9. The molecule has 0 amide bonds. The fourth-order valence-electron chi connectivity index (χ4n) is 2.35. The molecule has 0 radical (unpaired) electrons. The molecule has 2 aromatic rings. The summed E-state index contributed by atoms with van der Waals surface area (Å²) < 4.78 is 2.89. The van der Waals surface area contributed by atoms with Gasteiger partial charge in [-0.15, -0.1) is 0 Å². The molecule has 0 saturated carbocycles. The van der Waals surface area contributed by atoms with E-state index in [-0.39, 0.29) is 0 Å². The maximum absolute atomic E-state index is 4.56. The van der Waals surface area contributed by atoms with Gasteiger partial charge >= 0.3 is 0 Å². The topological polar surface area (TPSA) is 42.2 Å². The molecule has 0 bridgehead atoms. The number of hydrogen-bond acceptors (Lipinski definition) is 3. The van der Waals surface area contributed by atoms with Crippen LogP contribution in [-0.4, -0.2) is 27.7 Å². The van der Waals surface area contributed by atoms with E-state index in [4.69, 9.17) is 0 Å². The fourth-order valence-corrected chi connectivity index (χ4v) is 2.67. The van der Waals surface area contributed by atoms with Gasteiger partial charge in [0.1, 0.15) is 0 Å². The molecule has 3 rings (SSSR count). The lowest BCUT2D eigenvalue weighted by atomic mass is 9.96. The Bertz CT molecular complexity index is 516. The van der Waals surface area contributed by atoms with Gasteiger partial charge in [0.2, 0.25) is 0 Å². The molecule has 4 nitrogen and oxygen atoms in total.